The minimum Gasteiger partial charge on any atom is -0.493 e. The lowest BCUT2D eigenvalue weighted by Gasteiger charge is -2.29. The Kier molecular flexibility index (Phi) is 8.47. The third-order valence-corrected chi connectivity index (χ3v) is 5.88. The highest BCUT2D eigenvalue weighted by molar-refractivity contribution is 6.15. The van der Waals surface area contributed by atoms with E-state index in [4.69, 9.17) is 28.4 Å². The lowest BCUT2D eigenvalue weighted by molar-refractivity contribution is -0.129. The summed E-state index contributed by atoms with van der Waals surface area (Å²) in [6, 6.07) is 7.01. The third-order valence-electron chi connectivity index (χ3n) is 5.88. The zero-order chi connectivity index (χ0) is 26.4. The molecular weight excluding hydrogens is 466 g/mol. The summed E-state index contributed by atoms with van der Waals surface area (Å²) in [7, 11) is 9.11. The van der Waals surface area contributed by atoms with Crippen molar-refractivity contribution in [3.05, 3.63) is 46.5 Å². The molecule has 0 atom stereocenters. The summed E-state index contributed by atoms with van der Waals surface area (Å²) in [5.41, 5.74) is 2.08. The van der Waals surface area contributed by atoms with Crippen molar-refractivity contribution in [2.75, 3.05) is 55.7 Å². The Morgan fingerprint density at radius 1 is 0.667 bits per heavy atom. The topological polar surface area (TPSA) is 92.8 Å². The van der Waals surface area contributed by atoms with Gasteiger partial charge in [-0.25, -0.2) is 0 Å². The largest absolute Gasteiger partial charge is 0.493 e. The average molecular weight is 498 g/mol. The molecule has 2 aromatic carbocycles. The van der Waals surface area contributed by atoms with Gasteiger partial charge in [-0.15, -0.1) is 0 Å². The number of likely N-dealkylation sites (tertiary alicyclic amines) is 1. The standard InChI is InChI=1S/C27H31NO8/c1-16(29)28-14-19(12-17-8-10-21(31-2)26(35-6)24(17)33-4)23(30)20(15-28)13-18-9-11-22(32-3)27(36-7)25(18)34-5/h8-13H,14-15H2,1-7H3/b19-12+,20-13+. The fourth-order valence-corrected chi connectivity index (χ4v) is 4.11. The molecule has 0 saturated carbocycles. The number of ketones is 1. The van der Waals surface area contributed by atoms with Gasteiger partial charge in [0.2, 0.25) is 17.4 Å². The summed E-state index contributed by atoms with van der Waals surface area (Å²) in [6.45, 7) is 1.79. The maximum atomic E-state index is 13.6. The van der Waals surface area contributed by atoms with Gasteiger partial charge in [0.1, 0.15) is 0 Å². The summed E-state index contributed by atoms with van der Waals surface area (Å²) < 4.78 is 32.8. The monoisotopic (exact) mass is 497 g/mol. The van der Waals surface area contributed by atoms with E-state index in [1.807, 2.05) is 0 Å². The number of carbonyl (C=O) groups is 2. The first-order valence-corrected chi connectivity index (χ1v) is 11.1. The van der Waals surface area contributed by atoms with Crippen LogP contribution in [0.2, 0.25) is 0 Å². The van der Waals surface area contributed by atoms with Crippen LogP contribution < -0.4 is 28.4 Å². The summed E-state index contributed by atoms with van der Waals surface area (Å²) >= 11 is 0. The lowest BCUT2D eigenvalue weighted by Crippen LogP contribution is -2.40. The molecule has 0 spiro atoms. The van der Waals surface area contributed by atoms with Gasteiger partial charge < -0.3 is 33.3 Å². The molecule has 0 aliphatic carbocycles. The number of carbonyl (C=O) groups excluding carboxylic acids is 2. The quantitative estimate of drug-likeness (QED) is 0.511. The molecule has 0 bridgehead atoms. The number of methoxy groups -OCH3 is 6. The van der Waals surface area contributed by atoms with Gasteiger partial charge in [0.25, 0.3) is 0 Å². The molecule has 1 fully saturated rings. The summed E-state index contributed by atoms with van der Waals surface area (Å²) in [4.78, 5) is 27.5. The van der Waals surface area contributed by atoms with Crippen molar-refractivity contribution in [3.8, 4) is 34.5 Å². The molecular formula is C27H31NO8. The Morgan fingerprint density at radius 3 is 1.36 bits per heavy atom. The predicted molar refractivity (Wildman–Crippen MR) is 135 cm³/mol. The fraction of sp³-hybridized carbons (Fsp3) is 0.333. The van der Waals surface area contributed by atoms with Crippen molar-refractivity contribution in [1.29, 1.82) is 0 Å². The number of benzene rings is 2. The number of piperidine rings is 1. The number of rotatable bonds is 8. The van der Waals surface area contributed by atoms with E-state index in [0.717, 1.165) is 0 Å². The smallest absolute Gasteiger partial charge is 0.220 e. The fourth-order valence-electron chi connectivity index (χ4n) is 4.11. The Hall–Kier alpha value is -4.14. The van der Waals surface area contributed by atoms with Gasteiger partial charge >= 0.3 is 0 Å². The van der Waals surface area contributed by atoms with E-state index in [0.29, 0.717) is 56.8 Å². The molecule has 1 aliphatic heterocycles. The molecule has 2 aromatic rings. The zero-order valence-corrected chi connectivity index (χ0v) is 21.6. The second-order valence-corrected chi connectivity index (χ2v) is 7.89. The SMILES string of the molecule is COc1ccc(/C=C2\CN(C(C)=O)C/C(=C\c3ccc(OC)c(OC)c3OC)C2=O)c(OC)c1OC. The maximum Gasteiger partial charge on any atom is 0.220 e. The van der Waals surface area contributed by atoms with E-state index in [-0.39, 0.29) is 24.8 Å². The highest BCUT2D eigenvalue weighted by Gasteiger charge is 2.29. The van der Waals surface area contributed by atoms with Crippen LogP contribution in [0.1, 0.15) is 18.1 Å². The van der Waals surface area contributed by atoms with Crippen LogP contribution in [0.3, 0.4) is 0 Å². The van der Waals surface area contributed by atoms with E-state index in [1.54, 1.807) is 41.3 Å². The minimum atomic E-state index is -0.193. The Balaban J connectivity index is 2.14. The number of hydrogen-bond donors (Lipinski definition) is 0. The molecule has 1 amide bonds. The zero-order valence-electron chi connectivity index (χ0n) is 21.6. The molecule has 9 nitrogen and oxygen atoms in total. The second kappa shape index (κ2) is 11.5. The van der Waals surface area contributed by atoms with E-state index in [9.17, 15) is 9.59 Å². The van der Waals surface area contributed by atoms with Crippen LogP contribution >= 0.6 is 0 Å². The van der Waals surface area contributed by atoms with Crippen molar-refractivity contribution >= 4 is 23.8 Å². The van der Waals surface area contributed by atoms with Crippen molar-refractivity contribution in [2.24, 2.45) is 0 Å². The molecule has 192 valence electrons. The van der Waals surface area contributed by atoms with Crippen LogP contribution in [-0.4, -0.2) is 72.3 Å². The first kappa shape index (κ1) is 26.5. The third kappa shape index (κ3) is 5.10. The molecule has 0 N–H and O–H groups in total. The molecule has 36 heavy (non-hydrogen) atoms. The molecule has 0 aromatic heterocycles. The van der Waals surface area contributed by atoms with Gasteiger partial charge in [0.15, 0.2) is 28.8 Å². The van der Waals surface area contributed by atoms with Crippen molar-refractivity contribution in [2.45, 2.75) is 6.92 Å². The average Bonchev–Trinajstić information content (AvgIpc) is 2.89. The van der Waals surface area contributed by atoms with Gasteiger partial charge in [0.05, 0.1) is 42.7 Å². The molecule has 1 heterocycles. The molecule has 9 heteroatoms. The first-order chi connectivity index (χ1) is 17.3. The van der Waals surface area contributed by atoms with Crippen LogP contribution in [0.15, 0.2) is 35.4 Å². The number of Topliss-reactive ketones (excluding diaryl/α,β-unsaturated/α-hetero) is 1. The van der Waals surface area contributed by atoms with Gasteiger partial charge in [0, 0.05) is 42.3 Å². The van der Waals surface area contributed by atoms with Crippen molar-refractivity contribution in [3.63, 3.8) is 0 Å². The Morgan fingerprint density at radius 2 is 1.06 bits per heavy atom. The molecule has 0 unspecified atom stereocenters. The number of ether oxygens (including phenoxy) is 6. The Labute approximate surface area is 210 Å². The van der Waals surface area contributed by atoms with E-state index in [1.165, 1.54) is 49.6 Å². The first-order valence-electron chi connectivity index (χ1n) is 11.1. The minimum absolute atomic E-state index is 0.155. The number of hydrogen-bond acceptors (Lipinski definition) is 8. The second-order valence-electron chi connectivity index (χ2n) is 7.89. The highest BCUT2D eigenvalue weighted by Crippen LogP contribution is 2.42. The maximum absolute atomic E-state index is 13.6. The van der Waals surface area contributed by atoms with Crippen molar-refractivity contribution in [1.82, 2.24) is 4.90 Å². The van der Waals surface area contributed by atoms with Crippen LogP contribution in [0.25, 0.3) is 12.2 Å². The van der Waals surface area contributed by atoms with Crippen LogP contribution in [-0.2, 0) is 9.59 Å². The Bertz CT molecular complexity index is 1130. The van der Waals surface area contributed by atoms with Gasteiger partial charge in [-0.05, 0) is 36.4 Å². The van der Waals surface area contributed by atoms with Crippen LogP contribution in [0.4, 0.5) is 0 Å². The lowest BCUT2D eigenvalue weighted by atomic mass is 9.93. The highest BCUT2D eigenvalue weighted by atomic mass is 16.5. The molecule has 1 saturated heterocycles. The van der Waals surface area contributed by atoms with E-state index < -0.39 is 0 Å². The van der Waals surface area contributed by atoms with Crippen molar-refractivity contribution < 1.29 is 38.0 Å². The normalized spacial score (nSPS) is 15.6. The van der Waals surface area contributed by atoms with Gasteiger partial charge in [-0.3, -0.25) is 9.59 Å². The van der Waals surface area contributed by atoms with Gasteiger partial charge in [-0.2, -0.15) is 0 Å². The van der Waals surface area contributed by atoms with E-state index >= 15 is 0 Å². The van der Waals surface area contributed by atoms with Crippen LogP contribution in [0, 0.1) is 0 Å². The predicted octanol–water partition coefficient (Wildman–Crippen LogP) is 3.64. The summed E-state index contributed by atoms with van der Waals surface area (Å²) in [5, 5.41) is 0. The molecule has 1 aliphatic rings. The van der Waals surface area contributed by atoms with Gasteiger partial charge in [-0.1, -0.05) is 0 Å². The molecule has 3 rings (SSSR count). The van der Waals surface area contributed by atoms with E-state index in [2.05, 4.69) is 0 Å². The number of amides is 1. The molecule has 0 radical (unpaired) electrons. The summed E-state index contributed by atoms with van der Waals surface area (Å²) in [6.07, 6.45) is 3.41. The summed E-state index contributed by atoms with van der Waals surface area (Å²) in [5.74, 6) is 2.31. The number of nitrogens with zero attached hydrogens (tertiary/aromatic N) is 1. The van der Waals surface area contributed by atoms with Crippen LogP contribution in [0.5, 0.6) is 34.5 Å².